The molecule has 1 atom stereocenters. The first-order valence-corrected chi connectivity index (χ1v) is 8.91. The van der Waals surface area contributed by atoms with Crippen molar-refractivity contribution in [3.8, 4) is 0 Å². The molecule has 0 aromatic carbocycles. The van der Waals surface area contributed by atoms with E-state index < -0.39 is 14.3 Å². The van der Waals surface area contributed by atoms with Gasteiger partial charge >= 0.3 is 5.97 Å². The fraction of sp³-hybridized carbons (Fsp3) is 0.909. The van der Waals surface area contributed by atoms with Crippen LogP contribution in [-0.2, 0) is 9.22 Å². The van der Waals surface area contributed by atoms with E-state index in [9.17, 15) is 4.79 Å². The summed E-state index contributed by atoms with van der Waals surface area (Å²) in [6, 6.07) is 0. The van der Waals surface area contributed by atoms with Gasteiger partial charge in [-0.2, -0.15) is 0 Å². The Morgan fingerprint density at radius 3 is 2.44 bits per heavy atom. The molecule has 0 rings (SSSR count). The SMILES string of the molecule is CC(C)(C)[Si](C)(C)O[C@@H](CCC(=O)O)CN=[N+]=[N-]. The van der Waals surface area contributed by atoms with Gasteiger partial charge in [0.2, 0.25) is 0 Å². The lowest BCUT2D eigenvalue weighted by Crippen LogP contribution is -2.44. The number of carboxylic acid groups (broad SMARTS) is 1. The van der Waals surface area contributed by atoms with E-state index in [1.807, 2.05) is 0 Å². The van der Waals surface area contributed by atoms with Crippen molar-refractivity contribution in [2.75, 3.05) is 6.54 Å². The third kappa shape index (κ3) is 6.04. The second-order valence-corrected chi connectivity index (χ2v) is 10.6. The van der Waals surface area contributed by atoms with Gasteiger partial charge in [-0.05, 0) is 30.1 Å². The number of hydrogen-bond donors (Lipinski definition) is 1. The minimum absolute atomic E-state index is 0.0280. The molecule has 0 radical (unpaired) electrons. The minimum atomic E-state index is -1.97. The summed E-state index contributed by atoms with van der Waals surface area (Å²) in [4.78, 5) is 13.3. The molecule has 0 aliphatic rings. The molecular formula is C11H23N3O3Si. The Kier molecular flexibility index (Phi) is 6.38. The predicted octanol–water partition coefficient (Wildman–Crippen LogP) is 3.55. The molecule has 0 aromatic heterocycles. The van der Waals surface area contributed by atoms with Crippen LogP contribution in [0.5, 0.6) is 0 Å². The first kappa shape index (κ1) is 17.0. The van der Waals surface area contributed by atoms with Crippen molar-refractivity contribution in [2.24, 2.45) is 5.11 Å². The summed E-state index contributed by atoms with van der Waals surface area (Å²) in [5.74, 6) is -0.861. The predicted molar refractivity (Wildman–Crippen MR) is 73.0 cm³/mol. The van der Waals surface area contributed by atoms with Crippen LogP contribution in [0.15, 0.2) is 5.11 Å². The Hall–Kier alpha value is -1.04. The highest BCUT2D eigenvalue weighted by Crippen LogP contribution is 2.37. The zero-order valence-electron chi connectivity index (χ0n) is 11.8. The molecule has 0 aliphatic carbocycles. The Balaban J connectivity index is 4.66. The molecule has 0 spiro atoms. The molecule has 0 aliphatic heterocycles. The summed E-state index contributed by atoms with van der Waals surface area (Å²) < 4.78 is 6.07. The lowest BCUT2D eigenvalue weighted by atomic mass is 10.2. The second kappa shape index (κ2) is 6.77. The first-order chi connectivity index (χ1) is 8.10. The van der Waals surface area contributed by atoms with E-state index in [1.54, 1.807) is 0 Å². The monoisotopic (exact) mass is 273 g/mol. The van der Waals surface area contributed by atoms with Crippen LogP contribution < -0.4 is 0 Å². The second-order valence-electron chi connectivity index (χ2n) is 5.85. The molecule has 104 valence electrons. The maximum absolute atomic E-state index is 10.6. The highest BCUT2D eigenvalue weighted by atomic mass is 28.4. The van der Waals surface area contributed by atoms with Crippen LogP contribution in [-0.4, -0.2) is 32.0 Å². The maximum Gasteiger partial charge on any atom is 0.303 e. The van der Waals surface area contributed by atoms with Gasteiger partial charge in [0.15, 0.2) is 8.32 Å². The smallest absolute Gasteiger partial charge is 0.303 e. The fourth-order valence-corrected chi connectivity index (χ4v) is 2.57. The lowest BCUT2D eigenvalue weighted by molar-refractivity contribution is -0.137. The molecule has 0 bridgehead atoms. The summed E-state index contributed by atoms with van der Waals surface area (Å²) in [6.07, 6.45) is 0.0964. The quantitative estimate of drug-likeness (QED) is 0.332. The summed E-state index contributed by atoms with van der Waals surface area (Å²) in [5, 5.41) is 12.2. The molecule has 0 amide bonds. The Bertz CT molecular complexity index is 333. The van der Waals surface area contributed by atoms with Crippen LogP contribution in [0.25, 0.3) is 10.4 Å². The Morgan fingerprint density at radius 2 is 2.06 bits per heavy atom. The highest BCUT2D eigenvalue weighted by Gasteiger charge is 2.38. The van der Waals surface area contributed by atoms with Crippen molar-refractivity contribution in [2.45, 2.75) is 57.8 Å². The van der Waals surface area contributed by atoms with Crippen molar-refractivity contribution in [1.82, 2.24) is 0 Å². The summed E-state index contributed by atoms with van der Waals surface area (Å²) in [6.45, 7) is 10.7. The average molecular weight is 273 g/mol. The number of carbonyl (C=O) groups is 1. The minimum Gasteiger partial charge on any atom is -0.481 e. The van der Waals surface area contributed by atoms with Gasteiger partial charge < -0.3 is 9.53 Å². The molecule has 18 heavy (non-hydrogen) atoms. The average Bonchev–Trinajstić information content (AvgIpc) is 2.20. The third-order valence-corrected chi connectivity index (χ3v) is 7.83. The number of hydrogen-bond acceptors (Lipinski definition) is 3. The molecular weight excluding hydrogens is 250 g/mol. The summed E-state index contributed by atoms with van der Waals surface area (Å²) >= 11 is 0. The van der Waals surface area contributed by atoms with Gasteiger partial charge in [0.05, 0.1) is 12.6 Å². The number of nitrogens with zero attached hydrogens (tertiary/aromatic N) is 3. The van der Waals surface area contributed by atoms with Gasteiger partial charge in [0.1, 0.15) is 0 Å². The van der Waals surface area contributed by atoms with Gasteiger partial charge in [-0.25, -0.2) is 0 Å². The third-order valence-electron chi connectivity index (χ3n) is 3.30. The van der Waals surface area contributed by atoms with E-state index in [1.165, 1.54) is 0 Å². The zero-order valence-corrected chi connectivity index (χ0v) is 12.8. The van der Waals surface area contributed by atoms with E-state index in [0.29, 0.717) is 6.42 Å². The molecule has 0 fully saturated rings. The van der Waals surface area contributed by atoms with Crippen LogP contribution in [0, 0.1) is 0 Å². The molecule has 0 unspecified atom stereocenters. The topological polar surface area (TPSA) is 95.3 Å². The molecule has 1 N–H and O–H groups in total. The molecule has 6 nitrogen and oxygen atoms in total. The van der Waals surface area contributed by atoms with E-state index in [2.05, 4.69) is 43.9 Å². The lowest BCUT2D eigenvalue weighted by Gasteiger charge is -2.39. The maximum atomic E-state index is 10.6. The number of rotatable bonds is 7. The number of carboxylic acids is 1. The molecule has 7 heteroatoms. The van der Waals surface area contributed by atoms with Gasteiger partial charge in [0.25, 0.3) is 0 Å². The van der Waals surface area contributed by atoms with Crippen molar-refractivity contribution in [1.29, 1.82) is 0 Å². The Labute approximate surface area is 109 Å². The van der Waals surface area contributed by atoms with E-state index in [0.717, 1.165) is 0 Å². The van der Waals surface area contributed by atoms with Crippen molar-refractivity contribution < 1.29 is 14.3 Å². The van der Waals surface area contributed by atoms with Gasteiger partial charge in [-0.1, -0.05) is 25.9 Å². The zero-order chi connectivity index (χ0) is 14.4. The van der Waals surface area contributed by atoms with E-state index in [4.69, 9.17) is 15.1 Å². The van der Waals surface area contributed by atoms with Crippen LogP contribution in [0.4, 0.5) is 0 Å². The standard InChI is InChI=1S/C11H23N3O3Si/c1-11(2,3)18(4,5)17-9(8-13-14-12)6-7-10(15)16/h9H,6-8H2,1-5H3,(H,15,16)/t9-/m0/s1. The van der Waals surface area contributed by atoms with Crippen LogP contribution in [0.2, 0.25) is 18.1 Å². The van der Waals surface area contributed by atoms with Crippen LogP contribution in [0.1, 0.15) is 33.6 Å². The number of azide groups is 1. The normalized spacial score (nSPS) is 13.8. The van der Waals surface area contributed by atoms with Gasteiger partial charge in [0, 0.05) is 11.3 Å². The van der Waals surface area contributed by atoms with Gasteiger partial charge in [-0.3, -0.25) is 4.79 Å². The summed E-state index contributed by atoms with van der Waals surface area (Å²) in [7, 11) is -1.97. The number of aliphatic carboxylic acids is 1. The van der Waals surface area contributed by atoms with Gasteiger partial charge in [-0.15, -0.1) is 0 Å². The molecule has 0 saturated carbocycles. The summed E-state index contributed by atoms with van der Waals surface area (Å²) in [5.41, 5.74) is 8.35. The molecule has 0 aromatic rings. The van der Waals surface area contributed by atoms with E-state index in [-0.39, 0.29) is 24.1 Å². The first-order valence-electron chi connectivity index (χ1n) is 6.00. The fourth-order valence-electron chi connectivity index (χ4n) is 1.19. The van der Waals surface area contributed by atoms with Crippen molar-refractivity contribution in [3.05, 3.63) is 10.4 Å². The van der Waals surface area contributed by atoms with Crippen molar-refractivity contribution in [3.63, 3.8) is 0 Å². The molecule has 0 heterocycles. The Morgan fingerprint density at radius 1 is 1.50 bits per heavy atom. The van der Waals surface area contributed by atoms with Crippen LogP contribution >= 0.6 is 0 Å². The highest BCUT2D eigenvalue weighted by molar-refractivity contribution is 6.74. The van der Waals surface area contributed by atoms with Crippen molar-refractivity contribution >= 4 is 14.3 Å². The van der Waals surface area contributed by atoms with Crippen LogP contribution in [0.3, 0.4) is 0 Å². The largest absolute Gasteiger partial charge is 0.481 e. The molecule has 0 saturated heterocycles. The van der Waals surface area contributed by atoms with E-state index >= 15 is 0 Å².